The van der Waals surface area contributed by atoms with Crippen molar-refractivity contribution in [3.05, 3.63) is 82.3 Å². The molecule has 1 aliphatic carbocycles. The van der Waals surface area contributed by atoms with E-state index in [4.69, 9.17) is 4.74 Å². The highest BCUT2D eigenvalue weighted by molar-refractivity contribution is 6.31. The van der Waals surface area contributed by atoms with Crippen LogP contribution in [-0.4, -0.2) is 40.0 Å². The van der Waals surface area contributed by atoms with Crippen molar-refractivity contribution >= 4 is 39.7 Å². The first-order valence-corrected chi connectivity index (χ1v) is 12.8. The number of benzene rings is 3. The van der Waals surface area contributed by atoms with E-state index in [0.29, 0.717) is 5.69 Å². The molecule has 204 valence electrons. The third-order valence-electron chi connectivity index (χ3n) is 7.54. The normalized spacial score (nSPS) is 18.9. The van der Waals surface area contributed by atoms with E-state index in [9.17, 15) is 29.4 Å². The van der Waals surface area contributed by atoms with Crippen LogP contribution in [0, 0.1) is 6.92 Å². The molecular formula is C31H28N2O7. The largest absolute Gasteiger partial charge is 0.507 e. The summed E-state index contributed by atoms with van der Waals surface area (Å²) in [6, 6.07) is 13.4. The molecule has 0 saturated heterocycles. The number of ether oxygens (including phenoxy) is 1. The third kappa shape index (κ3) is 4.10. The summed E-state index contributed by atoms with van der Waals surface area (Å²) in [6.45, 7) is 5.88. The number of aromatic hydroxyl groups is 2. The fourth-order valence-corrected chi connectivity index (χ4v) is 5.30. The maximum atomic E-state index is 13.8. The molecule has 1 unspecified atom stereocenters. The zero-order chi connectivity index (χ0) is 28.9. The Morgan fingerprint density at radius 2 is 1.70 bits per heavy atom. The lowest BCUT2D eigenvalue weighted by atomic mass is 9.70. The molecule has 0 spiro atoms. The Kier molecular flexibility index (Phi) is 6.45. The summed E-state index contributed by atoms with van der Waals surface area (Å²) in [4.78, 5) is 51.7. The second-order valence-electron chi connectivity index (χ2n) is 10.2. The number of phenols is 2. The number of Topliss-reactive ketones (excluding diaryl/α,β-unsaturated/α-hetero) is 2. The number of amides is 1. The second kappa shape index (κ2) is 9.68. The number of phenolic OH excluding ortho intramolecular Hbond substituents is 2. The second-order valence-corrected chi connectivity index (χ2v) is 10.2. The number of fused-ring (bicyclic) bond motifs is 4. The first kappa shape index (κ1) is 26.7. The minimum Gasteiger partial charge on any atom is -0.507 e. The van der Waals surface area contributed by atoms with Gasteiger partial charge in [-0.1, -0.05) is 30.3 Å². The van der Waals surface area contributed by atoms with Gasteiger partial charge in [0, 0.05) is 36.0 Å². The minimum absolute atomic E-state index is 0.0248. The van der Waals surface area contributed by atoms with Crippen LogP contribution in [0.3, 0.4) is 0 Å². The molecule has 2 aliphatic rings. The van der Waals surface area contributed by atoms with Crippen LogP contribution in [-0.2, 0) is 19.8 Å². The van der Waals surface area contributed by atoms with Gasteiger partial charge in [0.05, 0.1) is 11.1 Å². The molecule has 9 heteroatoms. The van der Waals surface area contributed by atoms with Gasteiger partial charge >= 0.3 is 0 Å². The Balaban J connectivity index is 1.37. The number of carbonyl (C=O) groups excluding carboxylic acids is 4. The summed E-state index contributed by atoms with van der Waals surface area (Å²) in [6.07, 6.45) is 1.23. The predicted octanol–water partition coefficient (Wildman–Crippen LogP) is 4.34. The SMILES string of the molecule is CC(=O)c1c(O)c(C)c(O)c2c1OC1=CC(=O)C(=C(C)NCCC(=O)Nc3ccc4ccccc4c3)C(=O)C12C. The highest BCUT2D eigenvalue weighted by Crippen LogP contribution is 2.57. The highest BCUT2D eigenvalue weighted by Gasteiger charge is 2.56. The first-order valence-electron chi connectivity index (χ1n) is 12.8. The number of hydrogen-bond acceptors (Lipinski definition) is 8. The fourth-order valence-electron chi connectivity index (χ4n) is 5.30. The lowest BCUT2D eigenvalue weighted by Crippen LogP contribution is -2.41. The zero-order valence-corrected chi connectivity index (χ0v) is 22.5. The van der Waals surface area contributed by atoms with Crippen molar-refractivity contribution in [3.63, 3.8) is 0 Å². The predicted molar refractivity (Wildman–Crippen MR) is 148 cm³/mol. The van der Waals surface area contributed by atoms with Crippen molar-refractivity contribution < 1.29 is 34.1 Å². The molecule has 1 heterocycles. The van der Waals surface area contributed by atoms with Crippen LogP contribution >= 0.6 is 0 Å². The first-order chi connectivity index (χ1) is 18.9. The van der Waals surface area contributed by atoms with Gasteiger partial charge in [-0.3, -0.25) is 19.2 Å². The van der Waals surface area contributed by atoms with Crippen LogP contribution in [0.4, 0.5) is 5.69 Å². The Labute approximate surface area is 230 Å². The standard InChI is InChI=1S/C31H28N2O7/c1-15-27(37)25(17(3)34)29-26(28(15)38)31(4)22(40-29)14-21(35)24(30(31)39)16(2)32-12-11-23(36)33-20-10-9-18-7-5-6-8-19(18)13-20/h5-10,13-14,32,37-38H,11-12H2,1-4H3,(H,33,36). The summed E-state index contributed by atoms with van der Waals surface area (Å²) >= 11 is 0. The van der Waals surface area contributed by atoms with Crippen molar-refractivity contribution in [2.45, 2.75) is 39.5 Å². The highest BCUT2D eigenvalue weighted by atomic mass is 16.5. The Hall–Kier alpha value is -4.92. The fraction of sp³-hybridized carbons (Fsp3) is 0.226. The average molecular weight is 541 g/mol. The minimum atomic E-state index is -1.60. The van der Waals surface area contributed by atoms with E-state index in [2.05, 4.69) is 10.6 Å². The summed E-state index contributed by atoms with van der Waals surface area (Å²) < 4.78 is 5.77. The number of anilines is 1. The van der Waals surface area contributed by atoms with Crippen LogP contribution in [0.1, 0.15) is 48.7 Å². The molecule has 0 radical (unpaired) electrons. The topological polar surface area (TPSA) is 142 Å². The lowest BCUT2D eigenvalue weighted by molar-refractivity contribution is -0.123. The summed E-state index contributed by atoms with van der Waals surface area (Å²) in [7, 11) is 0. The molecular weight excluding hydrogens is 512 g/mol. The Morgan fingerprint density at radius 3 is 2.40 bits per heavy atom. The van der Waals surface area contributed by atoms with Gasteiger partial charge in [0.1, 0.15) is 34.0 Å². The van der Waals surface area contributed by atoms with E-state index in [-0.39, 0.29) is 64.1 Å². The number of nitrogens with one attached hydrogen (secondary N) is 2. The molecule has 40 heavy (non-hydrogen) atoms. The smallest absolute Gasteiger partial charge is 0.226 e. The van der Waals surface area contributed by atoms with Crippen molar-refractivity contribution in [3.8, 4) is 17.2 Å². The molecule has 0 bridgehead atoms. The van der Waals surface area contributed by atoms with Crippen LogP contribution in [0.15, 0.2) is 65.6 Å². The van der Waals surface area contributed by atoms with Gasteiger partial charge in [0.25, 0.3) is 0 Å². The van der Waals surface area contributed by atoms with E-state index < -0.39 is 28.5 Å². The van der Waals surface area contributed by atoms with Gasteiger partial charge in [0.2, 0.25) is 5.91 Å². The molecule has 3 aromatic carbocycles. The monoisotopic (exact) mass is 540 g/mol. The summed E-state index contributed by atoms with van der Waals surface area (Å²) in [5, 5.41) is 29.3. The van der Waals surface area contributed by atoms with Crippen molar-refractivity contribution in [2.75, 3.05) is 11.9 Å². The van der Waals surface area contributed by atoms with Gasteiger partial charge in [0.15, 0.2) is 17.3 Å². The van der Waals surface area contributed by atoms with Gasteiger partial charge in [-0.05, 0) is 50.6 Å². The maximum absolute atomic E-state index is 13.8. The summed E-state index contributed by atoms with van der Waals surface area (Å²) in [5.41, 5.74) is -0.934. The number of hydrogen-bond donors (Lipinski definition) is 4. The van der Waals surface area contributed by atoms with Gasteiger partial charge in [-0.15, -0.1) is 0 Å². The van der Waals surface area contributed by atoms with Crippen molar-refractivity contribution in [2.24, 2.45) is 0 Å². The quantitative estimate of drug-likeness (QED) is 0.206. The van der Waals surface area contributed by atoms with E-state index in [0.717, 1.165) is 16.8 Å². The van der Waals surface area contributed by atoms with E-state index in [1.807, 2.05) is 42.5 Å². The molecule has 1 aliphatic heterocycles. The van der Waals surface area contributed by atoms with E-state index in [1.54, 1.807) is 6.92 Å². The number of ketones is 3. The van der Waals surface area contributed by atoms with Gasteiger partial charge < -0.3 is 25.6 Å². The zero-order valence-electron chi connectivity index (χ0n) is 22.5. The van der Waals surface area contributed by atoms with Crippen LogP contribution in [0.2, 0.25) is 0 Å². The van der Waals surface area contributed by atoms with Gasteiger partial charge in [-0.25, -0.2) is 0 Å². The molecule has 0 saturated carbocycles. The number of rotatable bonds is 6. The Morgan fingerprint density at radius 1 is 1.00 bits per heavy atom. The van der Waals surface area contributed by atoms with Gasteiger partial charge in [-0.2, -0.15) is 0 Å². The molecule has 3 aromatic rings. The molecule has 9 nitrogen and oxygen atoms in total. The van der Waals surface area contributed by atoms with E-state index >= 15 is 0 Å². The van der Waals surface area contributed by atoms with Crippen LogP contribution in [0.25, 0.3) is 10.8 Å². The van der Waals surface area contributed by atoms with Crippen molar-refractivity contribution in [1.82, 2.24) is 5.32 Å². The molecule has 1 amide bonds. The Bertz CT molecular complexity index is 1720. The molecule has 1 atom stereocenters. The average Bonchev–Trinajstić information content (AvgIpc) is 3.20. The number of allylic oxidation sites excluding steroid dienone is 4. The number of carbonyl (C=O) groups is 4. The van der Waals surface area contributed by atoms with Crippen LogP contribution in [0.5, 0.6) is 17.2 Å². The third-order valence-corrected chi connectivity index (χ3v) is 7.54. The van der Waals surface area contributed by atoms with Crippen molar-refractivity contribution in [1.29, 1.82) is 0 Å². The molecule has 5 rings (SSSR count). The summed E-state index contributed by atoms with van der Waals surface area (Å²) in [5.74, 6) is -3.01. The maximum Gasteiger partial charge on any atom is 0.226 e. The van der Waals surface area contributed by atoms with Crippen LogP contribution < -0.4 is 15.4 Å². The lowest BCUT2D eigenvalue weighted by Gasteiger charge is -2.29. The molecule has 0 aromatic heterocycles. The molecule has 4 N–H and O–H groups in total. The molecule has 0 fully saturated rings. The van der Waals surface area contributed by atoms with E-state index in [1.165, 1.54) is 20.8 Å².